The van der Waals surface area contributed by atoms with E-state index < -0.39 is 41.5 Å². The summed E-state index contributed by atoms with van der Waals surface area (Å²) < 4.78 is 58.3. The highest BCUT2D eigenvalue weighted by molar-refractivity contribution is 6.33. The Bertz CT molecular complexity index is 2000. The van der Waals surface area contributed by atoms with Crippen molar-refractivity contribution < 1.29 is 46.6 Å². The smallest absolute Gasteiger partial charge is 0.418 e. The number of piperazine rings is 1. The highest BCUT2D eigenvalue weighted by Gasteiger charge is 2.38. The van der Waals surface area contributed by atoms with Crippen molar-refractivity contribution in [1.82, 2.24) is 24.6 Å². The number of nitrogens with one attached hydrogen (secondary N) is 1. The summed E-state index contributed by atoms with van der Waals surface area (Å²) in [6.45, 7) is 5.72. The highest BCUT2D eigenvalue weighted by atomic mass is 35.5. The molecule has 0 unspecified atom stereocenters. The van der Waals surface area contributed by atoms with Gasteiger partial charge >= 0.3 is 24.3 Å². The first-order valence-corrected chi connectivity index (χ1v) is 19.9. The predicted octanol–water partition coefficient (Wildman–Crippen LogP) is 4.73. The quantitative estimate of drug-likeness (QED) is 0.214. The third kappa shape index (κ3) is 10.1. The van der Waals surface area contributed by atoms with E-state index in [1.165, 1.54) is 22.1 Å². The number of carbonyl (C=O) groups is 4. The van der Waals surface area contributed by atoms with E-state index in [0.717, 1.165) is 30.4 Å². The summed E-state index contributed by atoms with van der Waals surface area (Å²) >= 11 is 6.12. The van der Waals surface area contributed by atoms with Crippen LogP contribution in [-0.4, -0.2) is 139 Å². The number of nitrogens with two attached hydrogens (primary N) is 1. The van der Waals surface area contributed by atoms with Crippen LogP contribution in [0.3, 0.4) is 0 Å². The zero-order chi connectivity index (χ0) is 41.7. The van der Waals surface area contributed by atoms with Gasteiger partial charge in [-0.25, -0.2) is 19.4 Å². The maximum atomic E-state index is 14.1. The second-order valence-electron chi connectivity index (χ2n) is 14.9. The zero-order valence-corrected chi connectivity index (χ0v) is 33.1. The Morgan fingerprint density at radius 1 is 0.966 bits per heavy atom. The molecule has 0 bridgehead atoms. The number of nitrogen functional groups attached to an aromatic ring is 1. The average Bonchev–Trinajstić information content (AvgIpc) is 3.24. The molecule has 4 aliphatic rings. The number of hydrogen-bond donors (Lipinski definition) is 2. The maximum absolute atomic E-state index is 14.1. The van der Waals surface area contributed by atoms with Crippen molar-refractivity contribution in [3.05, 3.63) is 82.0 Å². The van der Waals surface area contributed by atoms with Crippen molar-refractivity contribution >= 4 is 52.8 Å². The van der Waals surface area contributed by atoms with Gasteiger partial charge in [0.05, 0.1) is 35.1 Å². The van der Waals surface area contributed by atoms with Gasteiger partial charge in [0.15, 0.2) is 6.10 Å². The molecule has 0 saturated carbocycles. The minimum absolute atomic E-state index is 0.0142. The molecule has 3 fully saturated rings. The molecule has 19 heteroatoms. The summed E-state index contributed by atoms with van der Waals surface area (Å²) in [7, 11) is 0. The Kier molecular flexibility index (Phi) is 13.0. The summed E-state index contributed by atoms with van der Waals surface area (Å²) in [5.41, 5.74) is 5.93. The van der Waals surface area contributed by atoms with Crippen LogP contribution in [0.15, 0.2) is 54.7 Å². The van der Waals surface area contributed by atoms with Crippen LogP contribution >= 0.6 is 11.6 Å². The number of morpholine rings is 1. The SMILES string of the molecule is Nc1c(Cl)cc(C[C@@H](OC(=O)N2CCC(N3Cc4ccccc4NC3=O)CC2)C(=O)N2CCN(c3ccc(C(=O)OCCN4CCOCC4)cn3)CC2)cc1C(F)(F)F. The second kappa shape index (κ2) is 18.3. The number of para-hydroxylation sites is 1. The topological polar surface area (TPSA) is 163 Å². The largest absolute Gasteiger partial charge is 0.461 e. The Morgan fingerprint density at radius 3 is 2.39 bits per heavy atom. The molecule has 316 valence electrons. The number of carbonyl (C=O) groups excluding carboxylic acids is 4. The molecule has 0 radical (unpaired) electrons. The van der Waals surface area contributed by atoms with E-state index in [4.69, 9.17) is 31.5 Å². The first-order valence-electron chi connectivity index (χ1n) is 19.6. The lowest BCUT2D eigenvalue weighted by molar-refractivity contribution is -0.141. The predicted molar refractivity (Wildman–Crippen MR) is 211 cm³/mol. The summed E-state index contributed by atoms with van der Waals surface area (Å²) in [5.74, 6) is -0.486. The number of rotatable bonds is 10. The number of amides is 4. The number of benzene rings is 2. The molecule has 1 atom stereocenters. The monoisotopic (exact) mass is 842 g/mol. The molecular weight excluding hydrogens is 797 g/mol. The van der Waals surface area contributed by atoms with Crippen molar-refractivity contribution in [3.8, 4) is 0 Å². The Balaban J connectivity index is 0.975. The molecule has 5 heterocycles. The number of nitrogens with zero attached hydrogens (tertiary/aromatic N) is 6. The number of aromatic nitrogens is 1. The number of hydrogen-bond acceptors (Lipinski definition) is 11. The summed E-state index contributed by atoms with van der Waals surface area (Å²) in [4.78, 5) is 66.5. The molecule has 3 N–H and O–H groups in total. The Morgan fingerprint density at radius 2 is 1.69 bits per heavy atom. The van der Waals surface area contributed by atoms with Crippen LogP contribution in [0, 0.1) is 0 Å². The van der Waals surface area contributed by atoms with E-state index in [-0.39, 0.29) is 61.9 Å². The van der Waals surface area contributed by atoms with Gasteiger partial charge in [0.2, 0.25) is 0 Å². The molecule has 0 aliphatic carbocycles. The lowest BCUT2D eigenvalue weighted by Gasteiger charge is -2.40. The molecule has 0 spiro atoms. The third-order valence-corrected chi connectivity index (χ3v) is 11.4. The van der Waals surface area contributed by atoms with Gasteiger partial charge in [0, 0.05) is 89.8 Å². The van der Waals surface area contributed by atoms with Gasteiger partial charge in [0.25, 0.3) is 5.91 Å². The van der Waals surface area contributed by atoms with Gasteiger partial charge in [-0.2, -0.15) is 13.2 Å². The van der Waals surface area contributed by atoms with Crippen LogP contribution in [0.25, 0.3) is 0 Å². The number of ether oxygens (including phenoxy) is 3. The van der Waals surface area contributed by atoms with Gasteiger partial charge in [-0.05, 0) is 54.3 Å². The molecule has 3 aromatic rings. The van der Waals surface area contributed by atoms with E-state index >= 15 is 0 Å². The van der Waals surface area contributed by atoms with Gasteiger partial charge in [0.1, 0.15) is 12.4 Å². The van der Waals surface area contributed by atoms with Crippen LogP contribution in [0.5, 0.6) is 0 Å². The minimum Gasteiger partial charge on any atom is -0.461 e. The van der Waals surface area contributed by atoms with E-state index in [1.807, 2.05) is 29.2 Å². The van der Waals surface area contributed by atoms with Crippen molar-refractivity contribution in [2.45, 2.75) is 44.1 Å². The van der Waals surface area contributed by atoms with Gasteiger partial charge in [-0.15, -0.1) is 0 Å². The fourth-order valence-electron chi connectivity index (χ4n) is 7.72. The average molecular weight is 843 g/mol. The summed E-state index contributed by atoms with van der Waals surface area (Å²) in [6.07, 6.45) is -5.13. The molecule has 3 saturated heterocycles. The number of halogens is 4. The van der Waals surface area contributed by atoms with Crippen LogP contribution in [0.4, 0.5) is 40.0 Å². The number of alkyl halides is 3. The number of esters is 1. The van der Waals surface area contributed by atoms with Crippen LogP contribution < -0.4 is 16.0 Å². The fourth-order valence-corrected chi connectivity index (χ4v) is 7.96. The zero-order valence-electron chi connectivity index (χ0n) is 32.3. The number of likely N-dealkylation sites (tertiary alicyclic amines) is 1. The molecule has 15 nitrogen and oxygen atoms in total. The Labute approximate surface area is 344 Å². The van der Waals surface area contributed by atoms with Gasteiger partial charge in [-0.1, -0.05) is 29.8 Å². The summed E-state index contributed by atoms with van der Waals surface area (Å²) in [6, 6.07) is 12.5. The lowest BCUT2D eigenvalue weighted by atomic mass is 10.0. The third-order valence-electron chi connectivity index (χ3n) is 11.1. The molecule has 4 aliphatic heterocycles. The number of piperidine rings is 1. The van der Waals surface area contributed by atoms with Crippen LogP contribution in [0.2, 0.25) is 5.02 Å². The normalized spacial score (nSPS) is 18.5. The Hall–Kier alpha value is -5.33. The molecule has 2 aromatic carbocycles. The van der Waals surface area contributed by atoms with Crippen molar-refractivity contribution in [3.63, 3.8) is 0 Å². The first kappa shape index (κ1) is 41.8. The number of urea groups is 1. The minimum atomic E-state index is -4.82. The van der Waals surface area contributed by atoms with E-state index in [0.29, 0.717) is 63.6 Å². The first-order chi connectivity index (χ1) is 28.3. The standard InChI is InChI=1S/C40H46ClF3N8O7/c41-31-22-26(21-30(35(31)45)40(42,43)44)23-33(59-39(56)51-9-7-29(8-10-51)52-25-28-3-1-2-4-32(28)47-38(52)55)36(53)50-13-11-49(12-14-50)34-6-5-27(24-46-34)37(54)58-20-17-48-15-18-57-19-16-48/h1-6,21-22,24,29,33H,7-20,23,25,45H2,(H,47,55)/t33-/m1/s1. The summed E-state index contributed by atoms with van der Waals surface area (Å²) in [5, 5.41) is 2.57. The maximum Gasteiger partial charge on any atom is 0.418 e. The molecular formula is C40H46ClF3N8O7. The van der Waals surface area contributed by atoms with E-state index in [2.05, 4.69) is 15.2 Å². The van der Waals surface area contributed by atoms with Crippen LogP contribution in [0.1, 0.15) is 39.9 Å². The van der Waals surface area contributed by atoms with Crippen LogP contribution in [-0.2, 0) is 38.1 Å². The molecule has 1 aromatic heterocycles. The highest BCUT2D eigenvalue weighted by Crippen LogP contribution is 2.38. The number of anilines is 3. The second-order valence-corrected chi connectivity index (χ2v) is 15.3. The lowest BCUT2D eigenvalue weighted by Crippen LogP contribution is -2.54. The van der Waals surface area contributed by atoms with Crippen molar-refractivity contribution in [2.24, 2.45) is 0 Å². The van der Waals surface area contributed by atoms with Gasteiger partial charge in [-0.3, -0.25) is 9.69 Å². The molecule has 7 rings (SSSR count). The number of pyridine rings is 1. The van der Waals surface area contributed by atoms with E-state index in [9.17, 15) is 32.3 Å². The molecule has 4 amide bonds. The van der Waals surface area contributed by atoms with Gasteiger partial charge < -0.3 is 44.9 Å². The fraction of sp³-hybridized carbons (Fsp3) is 0.475. The van der Waals surface area contributed by atoms with E-state index in [1.54, 1.807) is 17.0 Å². The molecule has 59 heavy (non-hydrogen) atoms. The van der Waals surface area contributed by atoms with Crippen molar-refractivity contribution in [2.75, 3.05) is 94.7 Å². The number of fused-ring (bicyclic) bond motifs is 1. The van der Waals surface area contributed by atoms with Crippen molar-refractivity contribution in [1.29, 1.82) is 0 Å².